The van der Waals surface area contributed by atoms with E-state index in [1.807, 2.05) is 62.0 Å². The Hall–Kier alpha value is -3.82. The van der Waals surface area contributed by atoms with E-state index in [1.165, 1.54) is 12.1 Å². The topological polar surface area (TPSA) is 101 Å². The fraction of sp³-hybridized carbons (Fsp3) is 0.429. The number of aromatic nitrogens is 1. The number of fused-ring (bicyclic) bond motifs is 1. The van der Waals surface area contributed by atoms with E-state index in [0.717, 1.165) is 35.4 Å². The zero-order chi connectivity index (χ0) is 32.0. The number of nitrogens with two attached hydrogens (primary N) is 1. The van der Waals surface area contributed by atoms with Crippen molar-refractivity contribution in [1.29, 1.82) is 0 Å². The van der Waals surface area contributed by atoms with Gasteiger partial charge in [0, 0.05) is 67.9 Å². The number of para-hydroxylation sites is 1. The van der Waals surface area contributed by atoms with E-state index in [1.54, 1.807) is 17.9 Å². The van der Waals surface area contributed by atoms with E-state index in [9.17, 15) is 23.5 Å². The first-order chi connectivity index (χ1) is 21.0. The molecule has 236 valence electrons. The molecule has 4 N–H and O–H groups in total. The van der Waals surface area contributed by atoms with Crippen LogP contribution in [0.4, 0.5) is 8.78 Å². The molecule has 2 amide bonds. The summed E-state index contributed by atoms with van der Waals surface area (Å²) in [6.07, 6.45) is 5.81. The van der Waals surface area contributed by atoms with Crippen molar-refractivity contribution in [1.82, 2.24) is 14.8 Å². The highest BCUT2D eigenvalue weighted by Gasteiger charge is 2.50. The van der Waals surface area contributed by atoms with Gasteiger partial charge < -0.3 is 25.6 Å². The van der Waals surface area contributed by atoms with Gasteiger partial charge in [0.25, 0.3) is 0 Å². The smallest absolute Gasteiger partial charge is 0.244 e. The Morgan fingerprint density at radius 3 is 2.41 bits per heavy atom. The van der Waals surface area contributed by atoms with Crippen LogP contribution in [0, 0.1) is 23.0 Å². The number of benzene rings is 2. The number of aliphatic hydroxyl groups is 1. The summed E-state index contributed by atoms with van der Waals surface area (Å²) in [6, 6.07) is 11.3. The highest BCUT2D eigenvalue weighted by atomic mass is 19.1. The number of hydrogen-bond acceptors (Lipinski definition) is 4. The Morgan fingerprint density at radius 2 is 1.77 bits per heavy atom. The van der Waals surface area contributed by atoms with Crippen LogP contribution in [0.5, 0.6) is 0 Å². The molecule has 1 heterocycles. The van der Waals surface area contributed by atoms with Gasteiger partial charge in [0.1, 0.15) is 11.6 Å². The molecule has 1 unspecified atom stereocenters. The van der Waals surface area contributed by atoms with Crippen LogP contribution in [0.15, 0.2) is 72.0 Å². The molecular formula is C35H44F2N4O3. The molecular weight excluding hydrogens is 562 g/mol. The summed E-state index contributed by atoms with van der Waals surface area (Å²) in [5, 5.41) is 16.4. The molecule has 0 aliphatic heterocycles. The van der Waals surface area contributed by atoms with Gasteiger partial charge in [-0.05, 0) is 61.9 Å². The van der Waals surface area contributed by atoms with Gasteiger partial charge in [0.05, 0.1) is 11.5 Å². The third kappa shape index (κ3) is 7.27. The molecule has 9 heteroatoms. The van der Waals surface area contributed by atoms with E-state index >= 15 is 0 Å². The average Bonchev–Trinajstić information content (AvgIpc) is 3.29. The Balaban J connectivity index is 1.75. The lowest BCUT2D eigenvalue weighted by molar-refractivity contribution is -0.145. The third-order valence-electron chi connectivity index (χ3n) is 8.51. The molecule has 0 fully saturated rings. The molecule has 0 radical (unpaired) electrons. The second-order valence-electron chi connectivity index (χ2n) is 12.0. The van der Waals surface area contributed by atoms with Gasteiger partial charge in [-0.2, -0.15) is 0 Å². The maximum absolute atomic E-state index is 14.6. The predicted molar refractivity (Wildman–Crippen MR) is 169 cm³/mol. The molecule has 1 aromatic heterocycles. The number of carbonyl (C=O) groups is 2. The molecule has 3 aromatic rings. The number of amides is 2. The first-order valence-electron chi connectivity index (χ1n) is 15.3. The van der Waals surface area contributed by atoms with Crippen LogP contribution in [0.2, 0.25) is 0 Å². The second kappa shape index (κ2) is 14.3. The standard InChI is InChI=1S/C35H44F2N4O3/c1-5-11-41(12-6-2)34(44)35(18-23(3)13-25(19-35)33(38)43)30(16-24-14-27(36)17-28(37)15-24)32(42)21-39-20-26-22-40(4)31-10-8-7-9-29(26)31/h7-10,13-15,17-18,22,30,32,39,42H,5-6,11-12,16,19-21H2,1-4H3,(H2,38,43)/t30-,32+,35?/m1/s1. The number of aryl methyl sites for hydroxylation is 1. The zero-order valence-corrected chi connectivity index (χ0v) is 26.1. The van der Waals surface area contributed by atoms with Crippen molar-refractivity contribution in [3.63, 3.8) is 0 Å². The van der Waals surface area contributed by atoms with Crippen LogP contribution in [0.3, 0.4) is 0 Å². The summed E-state index contributed by atoms with van der Waals surface area (Å²) in [4.78, 5) is 29.0. The Kier molecular flexibility index (Phi) is 10.8. The van der Waals surface area contributed by atoms with Crippen LogP contribution in [0.25, 0.3) is 10.9 Å². The quantitative estimate of drug-likeness (QED) is 0.236. The molecule has 1 aliphatic rings. The van der Waals surface area contributed by atoms with Crippen molar-refractivity contribution in [2.24, 2.45) is 24.1 Å². The van der Waals surface area contributed by atoms with Crippen molar-refractivity contribution >= 4 is 22.7 Å². The van der Waals surface area contributed by atoms with E-state index in [0.29, 0.717) is 30.8 Å². The third-order valence-corrected chi connectivity index (χ3v) is 8.51. The van der Waals surface area contributed by atoms with Crippen molar-refractivity contribution in [2.75, 3.05) is 19.6 Å². The van der Waals surface area contributed by atoms with E-state index < -0.39 is 35.0 Å². The summed E-state index contributed by atoms with van der Waals surface area (Å²) in [7, 11) is 1.98. The molecule has 7 nitrogen and oxygen atoms in total. The number of halogens is 2. The Bertz CT molecular complexity index is 1540. The molecule has 1 aliphatic carbocycles. The maximum atomic E-state index is 14.6. The zero-order valence-electron chi connectivity index (χ0n) is 26.1. The van der Waals surface area contributed by atoms with Gasteiger partial charge in [0.2, 0.25) is 11.8 Å². The van der Waals surface area contributed by atoms with Crippen LogP contribution >= 0.6 is 0 Å². The largest absolute Gasteiger partial charge is 0.391 e. The number of allylic oxidation sites excluding steroid dienone is 2. The van der Waals surface area contributed by atoms with Crippen LogP contribution in [-0.2, 0) is 29.6 Å². The SMILES string of the molecule is CCCN(CCC)C(=O)C1([C@H](Cc2cc(F)cc(F)c2)[C@@H](O)CNCc2cn(C)c3ccccc23)C=C(C)C=C(C(N)=O)C1. The van der Waals surface area contributed by atoms with Gasteiger partial charge in [-0.1, -0.05) is 49.8 Å². The minimum atomic E-state index is -1.38. The molecule has 0 spiro atoms. The van der Waals surface area contributed by atoms with Gasteiger partial charge >= 0.3 is 0 Å². The minimum absolute atomic E-state index is 0.000549. The fourth-order valence-electron chi connectivity index (χ4n) is 6.69. The molecule has 4 rings (SSSR count). The number of hydrogen-bond donors (Lipinski definition) is 3. The second-order valence-corrected chi connectivity index (χ2v) is 12.0. The Labute approximate surface area is 258 Å². The first-order valence-corrected chi connectivity index (χ1v) is 15.3. The number of carbonyl (C=O) groups excluding carboxylic acids is 2. The van der Waals surface area contributed by atoms with Crippen molar-refractivity contribution < 1.29 is 23.5 Å². The van der Waals surface area contributed by atoms with Gasteiger partial charge in [-0.3, -0.25) is 9.59 Å². The van der Waals surface area contributed by atoms with Crippen LogP contribution in [0.1, 0.15) is 51.2 Å². The average molecular weight is 607 g/mol. The van der Waals surface area contributed by atoms with Crippen LogP contribution in [-0.4, -0.2) is 52.1 Å². The van der Waals surface area contributed by atoms with Crippen molar-refractivity contribution in [3.05, 3.63) is 94.7 Å². The minimum Gasteiger partial charge on any atom is -0.391 e. The first kappa shape index (κ1) is 33.1. The summed E-state index contributed by atoms with van der Waals surface area (Å²) < 4.78 is 30.8. The highest BCUT2D eigenvalue weighted by Crippen LogP contribution is 2.46. The van der Waals surface area contributed by atoms with Gasteiger partial charge in [0.15, 0.2) is 0 Å². The molecule has 2 aromatic carbocycles. The number of primary amides is 1. The van der Waals surface area contributed by atoms with E-state index in [4.69, 9.17) is 5.73 Å². The van der Waals surface area contributed by atoms with E-state index in [-0.39, 0.29) is 30.9 Å². The maximum Gasteiger partial charge on any atom is 0.244 e. The Morgan fingerprint density at radius 1 is 1.11 bits per heavy atom. The number of rotatable bonds is 14. The lowest BCUT2D eigenvalue weighted by atomic mass is 9.63. The number of nitrogens with one attached hydrogen (secondary N) is 1. The normalized spacial score (nSPS) is 18.1. The summed E-state index contributed by atoms with van der Waals surface area (Å²) in [5.74, 6) is -3.21. The molecule has 3 atom stereocenters. The molecule has 44 heavy (non-hydrogen) atoms. The summed E-state index contributed by atoms with van der Waals surface area (Å²) in [6.45, 7) is 7.31. The van der Waals surface area contributed by atoms with Crippen molar-refractivity contribution in [2.45, 2.75) is 59.1 Å². The fourth-order valence-corrected chi connectivity index (χ4v) is 6.69. The van der Waals surface area contributed by atoms with Gasteiger partial charge in [-0.25, -0.2) is 8.78 Å². The monoisotopic (exact) mass is 606 g/mol. The predicted octanol–water partition coefficient (Wildman–Crippen LogP) is 5.16. The van der Waals surface area contributed by atoms with Crippen LogP contribution < -0.4 is 11.1 Å². The summed E-state index contributed by atoms with van der Waals surface area (Å²) >= 11 is 0. The highest BCUT2D eigenvalue weighted by molar-refractivity contribution is 5.96. The molecule has 0 bridgehead atoms. The summed E-state index contributed by atoms with van der Waals surface area (Å²) in [5.41, 5.74) is 7.78. The lowest BCUT2D eigenvalue weighted by Gasteiger charge is -2.45. The molecule has 0 saturated carbocycles. The lowest BCUT2D eigenvalue weighted by Crippen LogP contribution is -2.54. The molecule has 0 saturated heterocycles. The number of aliphatic hydroxyl groups excluding tert-OH is 1. The van der Waals surface area contributed by atoms with Gasteiger partial charge in [-0.15, -0.1) is 0 Å². The van der Waals surface area contributed by atoms with Crippen molar-refractivity contribution in [3.8, 4) is 0 Å². The van der Waals surface area contributed by atoms with E-state index in [2.05, 4.69) is 5.32 Å². The number of nitrogens with zero attached hydrogens (tertiary/aromatic N) is 2.